The zero-order chi connectivity index (χ0) is 17.1. The molecule has 0 amide bonds. The molecule has 0 saturated carbocycles. The molecule has 1 unspecified atom stereocenters. The van der Waals surface area contributed by atoms with Crippen molar-refractivity contribution in [3.05, 3.63) is 39.5 Å². The topological polar surface area (TPSA) is 70.0 Å². The van der Waals surface area contributed by atoms with Gasteiger partial charge >= 0.3 is 0 Å². The van der Waals surface area contributed by atoms with Crippen LogP contribution in [-0.4, -0.2) is 57.4 Å². The van der Waals surface area contributed by atoms with Gasteiger partial charge in [0.2, 0.25) is 5.95 Å². The number of nitrogens with zero attached hydrogens (tertiary/aromatic N) is 5. The number of hydrogen-bond acceptors (Lipinski definition) is 5. The zero-order valence-electron chi connectivity index (χ0n) is 14.1. The number of halogens is 1. The van der Waals surface area contributed by atoms with Crippen LogP contribution in [0.25, 0.3) is 0 Å². The first-order valence-corrected chi connectivity index (χ1v) is 8.69. The normalized spacial score (nSPS) is 17.2. The van der Waals surface area contributed by atoms with Gasteiger partial charge in [0.25, 0.3) is 5.56 Å². The lowest BCUT2D eigenvalue weighted by Crippen LogP contribution is -2.47. The van der Waals surface area contributed by atoms with Crippen LogP contribution in [0.1, 0.15) is 25.5 Å². The second kappa shape index (κ2) is 7.36. The van der Waals surface area contributed by atoms with E-state index in [2.05, 4.69) is 31.8 Å². The van der Waals surface area contributed by atoms with Crippen molar-refractivity contribution in [2.45, 2.75) is 26.3 Å². The maximum Gasteiger partial charge on any atom is 0.252 e. The highest BCUT2D eigenvalue weighted by atomic mass is 35.5. The molecule has 1 fully saturated rings. The standard InChI is InChI=1S/C16H23ClN6O/c1-3-21-4-6-22(7-5-21)16-19-14(8-15(24)20-16)12(2)10-23-11-13(17)9-18-23/h8-9,11-12H,3-7,10H2,1-2H3,(H,19,20,24). The van der Waals surface area contributed by atoms with E-state index in [1.165, 1.54) is 0 Å². The van der Waals surface area contributed by atoms with Crippen molar-refractivity contribution in [1.82, 2.24) is 24.6 Å². The summed E-state index contributed by atoms with van der Waals surface area (Å²) in [5.41, 5.74) is 0.663. The van der Waals surface area contributed by atoms with E-state index in [9.17, 15) is 4.79 Å². The monoisotopic (exact) mass is 350 g/mol. The third-order valence-electron chi connectivity index (χ3n) is 4.44. The lowest BCUT2D eigenvalue weighted by molar-refractivity contribution is 0.269. The van der Waals surface area contributed by atoms with Gasteiger partial charge in [0.1, 0.15) is 0 Å². The highest BCUT2D eigenvalue weighted by Gasteiger charge is 2.19. The van der Waals surface area contributed by atoms with Crippen molar-refractivity contribution in [2.75, 3.05) is 37.6 Å². The number of H-pyrrole nitrogens is 1. The van der Waals surface area contributed by atoms with E-state index in [1.54, 1.807) is 23.1 Å². The minimum Gasteiger partial charge on any atom is -0.340 e. The number of piperazine rings is 1. The van der Waals surface area contributed by atoms with Crippen molar-refractivity contribution in [3.63, 3.8) is 0 Å². The average molecular weight is 351 g/mol. The van der Waals surface area contributed by atoms with E-state index in [4.69, 9.17) is 11.6 Å². The molecule has 0 bridgehead atoms. The fourth-order valence-electron chi connectivity index (χ4n) is 2.95. The molecule has 3 rings (SSSR count). The minimum absolute atomic E-state index is 0.0685. The third-order valence-corrected chi connectivity index (χ3v) is 4.63. The van der Waals surface area contributed by atoms with Crippen molar-refractivity contribution in [2.24, 2.45) is 0 Å². The number of hydrogen-bond donors (Lipinski definition) is 1. The molecule has 24 heavy (non-hydrogen) atoms. The Morgan fingerprint density at radius 2 is 2.08 bits per heavy atom. The second-order valence-electron chi connectivity index (χ2n) is 6.20. The Balaban J connectivity index is 1.75. The number of anilines is 1. The number of nitrogens with one attached hydrogen (secondary N) is 1. The van der Waals surface area contributed by atoms with Crippen molar-refractivity contribution in [1.29, 1.82) is 0 Å². The van der Waals surface area contributed by atoms with Crippen LogP contribution in [-0.2, 0) is 6.54 Å². The Morgan fingerprint density at radius 3 is 2.71 bits per heavy atom. The molecule has 2 aromatic rings. The largest absolute Gasteiger partial charge is 0.340 e. The van der Waals surface area contributed by atoms with Gasteiger partial charge in [-0.3, -0.25) is 14.5 Å². The van der Waals surface area contributed by atoms with Crippen LogP contribution in [0.2, 0.25) is 5.02 Å². The molecule has 2 aromatic heterocycles. The summed E-state index contributed by atoms with van der Waals surface area (Å²) in [6, 6.07) is 1.57. The van der Waals surface area contributed by atoms with Crippen LogP contribution in [0, 0.1) is 0 Å². The Hall–Kier alpha value is -1.86. The van der Waals surface area contributed by atoms with E-state index in [0.29, 0.717) is 17.5 Å². The van der Waals surface area contributed by atoms with Crippen LogP contribution < -0.4 is 10.5 Å². The first-order valence-electron chi connectivity index (χ1n) is 8.31. The van der Waals surface area contributed by atoms with Gasteiger partial charge in [0.15, 0.2) is 0 Å². The van der Waals surface area contributed by atoms with Crippen LogP contribution in [0.4, 0.5) is 5.95 Å². The summed E-state index contributed by atoms with van der Waals surface area (Å²) >= 11 is 5.90. The van der Waals surface area contributed by atoms with Crippen LogP contribution in [0.5, 0.6) is 0 Å². The second-order valence-corrected chi connectivity index (χ2v) is 6.63. The van der Waals surface area contributed by atoms with E-state index in [0.717, 1.165) is 38.4 Å². The molecule has 1 saturated heterocycles. The van der Waals surface area contributed by atoms with Gasteiger partial charge in [-0.2, -0.15) is 5.10 Å². The summed E-state index contributed by atoms with van der Waals surface area (Å²) in [5.74, 6) is 0.734. The van der Waals surface area contributed by atoms with Crippen molar-refractivity contribution in [3.8, 4) is 0 Å². The molecule has 7 nitrogen and oxygen atoms in total. The Labute approximate surface area is 146 Å². The fourth-order valence-corrected chi connectivity index (χ4v) is 3.11. The van der Waals surface area contributed by atoms with Gasteiger partial charge in [-0.1, -0.05) is 25.4 Å². The molecular weight excluding hydrogens is 328 g/mol. The lowest BCUT2D eigenvalue weighted by atomic mass is 10.1. The fraction of sp³-hybridized carbons (Fsp3) is 0.562. The highest BCUT2D eigenvalue weighted by Crippen LogP contribution is 2.18. The first-order chi connectivity index (χ1) is 11.5. The summed E-state index contributed by atoms with van der Waals surface area (Å²) in [6.07, 6.45) is 3.38. The first kappa shape index (κ1) is 17.0. The molecule has 130 valence electrons. The summed E-state index contributed by atoms with van der Waals surface area (Å²) in [6.45, 7) is 9.63. The molecule has 3 heterocycles. The molecule has 0 spiro atoms. The molecule has 1 aliphatic heterocycles. The molecule has 8 heteroatoms. The van der Waals surface area contributed by atoms with Crippen LogP contribution in [0.3, 0.4) is 0 Å². The van der Waals surface area contributed by atoms with E-state index in [1.807, 2.05) is 6.92 Å². The maximum absolute atomic E-state index is 12.1. The Morgan fingerprint density at radius 1 is 1.33 bits per heavy atom. The van der Waals surface area contributed by atoms with E-state index >= 15 is 0 Å². The minimum atomic E-state index is -0.113. The predicted octanol–water partition coefficient (Wildman–Crippen LogP) is 1.57. The van der Waals surface area contributed by atoms with Crippen LogP contribution >= 0.6 is 11.6 Å². The predicted molar refractivity (Wildman–Crippen MR) is 94.8 cm³/mol. The number of rotatable bonds is 5. The van der Waals surface area contributed by atoms with Gasteiger partial charge in [0, 0.05) is 50.9 Å². The summed E-state index contributed by atoms with van der Waals surface area (Å²) < 4.78 is 1.77. The van der Waals surface area contributed by atoms with Crippen molar-refractivity contribution < 1.29 is 0 Å². The average Bonchev–Trinajstić information content (AvgIpc) is 2.99. The summed E-state index contributed by atoms with van der Waals surface area (Å²) in [5, 5.41) is 4.80. The SMILES string of the molecule is CCN1CCN(c2nc(C(C)Cn3cc(Cl)cn3)cc(=O)[nH]2)CC1. The zero-order valence-corrected chi connectivity index (χ0v) is 14.8. The molecule has 0 radical (unpaired) electrons. The van der Waals surface area contributed by atoms with Crippen molar-refractivity contribution >= 4 is 17.5 Å². The lowest BCUT2D eigenvalue weighted by Gasteiger charge is -2.34. The molecule has 0 aromatic carbocycles. The smallest absolute Gasteiger partial charge is 0.252 e. The maximum atomic E-state index is 12.1. The van der Waals surface area contributed by atoms with Gasteiger partial charge < -0.3 is 9.80 Å². The highest BCUT2D eigenvalue weighted by molar-refractivity contribution is 6.30. The quantitative estimate of drug-likeness (QED) is 0.886. The number of likely N-dealkylation sites (N-methyl/N-ethyl adjacent to an activating group) is 1. The number of aromatic amines is 1. The van der Waals surface area contributed by atoms with Gasteiger partial charge in [-0.25, -0.2) is 4.98 Å². The van der Waals surface area contributed by atoms with E-state index in [-0.39, 0.29) is 11.5 Å². The van der Waals surface area contributed by atoms with Gasteiger partial charge in [0.05, 0.1) is 16.9 Å². The van der Waals surface area contributed by atoms with E-state index < -0.39 is 0 Å². The Kier molecular flexibility index (Phi) is 5.20. The summed E-state index contributed by atoms with van der Waals surface area (Å²) in [7, 11) is 0. The molecule has 1 atom stereocenters. The third kappa shape index (κ3) is 3.96. The van der Waals surface area contributed by atoms with Gasteiger partial charge in [-0.15, -0.1) is 0 Å². The number of aromatic nitrogens is 4. The van der Waals surface area contributed by atoms with Gasteiger partial charge in [-0.05, 0) is 6.54 Å². The summed E-state index contributed by atoms with van der Waals surface area (Å²) in [4.78, 5) is 24.2. The Bertz CT molecular complexity index is 734. The molecular formula is C16H23ClN6O. The molecule has 0 aliphatic carbocycles. The molecule has 1 aliphatic rings. The molecule has 1 N–H and O–H groups in total. The van der Waals surface area contributed by atoms with Crippen LogP contribution in [0.15, 0.2) is 23.3 Å².